The largest absolute Gasteiger partial charge is 0.338 e. The van der Waals surface area contributed by atoms with Gasteiger partial charge in [-0.25, -0.2) is 4.99 Å². The summed E-state index contributed by atoms with van der Waals surface area (Å²) in [5.74, 6) is -0.00395. The van der Waals surface area contributed by atoms with Gasteiger partial charge in [-0.05, 0) is 79.8 Å². The predicted octanol–water partition coefficient (Wildman–Crippen LogP) is 6.05. The van der Waals surface area contributed by atoms with Crippen LogP contribution in [0.1, 0.15) is 57.7 Å². The van der Waals surface area contributed by atoms with Crippen molar-refractivity contribution in [3.8, 4) is 0 Å². The number of thioether (sulfide) groups is 1. The van der Waals surface area contributed by atoms with Crippen molar-refractivity contribution >= 4 is 51.9 Å². The summed E-state index contributed by atoms with van der Waals surface area (Å²) in [5, 5.41) is 5.37. The fraction of sp³-hybridized carbons (Fsp3) is 0.469. The molecule has 4 aliphatic rings. The lowest BCUT2D eigenvalue weighted by molar-refractivity contribution is -0.144. The molecule has 0 radical (unpaired) electrons. The molecule has 4 atom stereocenters. The minimum atomic E-state index is -0.631. The number of allylic oxidation sites excluding steroid dienone is 1. The van der Waals surface area contributed by atoms with E-state index in [0.29, 0.717) is 21.4 Å². The number of nitrogens with one attached hydrogen (secondary N) is 1. The average molecular weight is 627 g/mol. The highest BCUT2D eigenvalue weighted by molar-refractivity contribution is 8.18. The van der Waals surface area contributed by atoms with E-state index in [1.54, 1.807) is 0 Å². The first-order valence-corrected chi connectivity index (χ1v) is 16.2. The number of rotatable bonds is 6. The molecule has 0 saturated carbocycles. The standard InChI is InChI=1S/C32H37Cl2N5O2S/c1-18(2)26-27(30(41)38-19(3)6-15-25(38)29(40)37(5)24-16-35-17-24)42-31-36-32(4,21-9-13-23(34)14-10-21)28(39(26)31)20-7-11-22(33)12-8-20/h7-14,18-19,24-25,28,35H,6,15-17H2,1-5H3/t19-,25+,28-,32+/m1/s1. The number of amidine groups is 1. The molecule has 1 N–H and O–H groups in total. The normalized spacial score (nSPS) is 27.4. The van der Waals surface area contributed by atoms with Crippen molar-refractivity contribution in [2.75, 3.05) is 20.1 Å². The molecule has 10 heteroatoms. The molecular formula is C32H37Cl2N5O2S. The van der Waals surface area contributed by atoms with E-state index in [2.05, 4.69) is 37.9 Å². The molecule has 0 aromatic heterocycles. The summed E-state index contributed by atoms with van der Waals surface area (Å²) < 4.78 is 0. The number of amides is 2. The van der Waals surface area contributed by atoms with Gasteiger partial charge >= 0.3 is 0 Å². The first-order chi connectivity index (χ1) is 20.0. The van der Waals surface area contributed by atoms with Crippen molar-refractivity contribution in [3.63, 3.8) is 0 Å². The molecular weight excluding hydrogens is 589 g/mol. The van der Waals surface area contributed by atoms with Crippen LogP contribution in [0.15, 0.2) is 64.1 Å². The van der Waals surface area contributed by atoms with Gasteiger partial charge in [-0.15, -0.1) is 0 Å². The maximum absolute atomic E-state index is 14.5. The Balaban J connectivity index is 1.41. The summed E-state index contributed by atoms with van der Waals surface area (Å²) in [6, 6.07) is 15.3. The number of hydrogen-bond acceptors (Lipinski definition) is 6. The molecule has 2 fully saturated rings. The maximum Gasteiger partial charge on any atom is 0.263 e. The van der Waals surface area contributed by atoms with Gasteiger partial charge < -0.3 is 20.0 Å². The SMILES string of the molecule is CC(C)C1=C(C(=O)N2[C@H](C)CC[C@H]2C(=O)N(C)C2CNC2)SC2=N[C@@](C)(c3ccc(Cl)cc3)[C@@H](c3ccc(Cl)cc3)N21. The van der Waals surface area contributed by atoms with Crippen LogP contribution in [0.4, 0.5) is 0 Å². The zero-order valence-electron chi connectivity index (χ0n) is 24.6. The Bertz CT molecular complexity index is 1460. The van der Waals surface area contributed by atoms with Crippen molar-refractivity contribution < 1.29 is 9.59 Å². The fourth-order valence-corrected chi connectivity index (χ4v) is 8.32. The van der Waals surface area contributed by atoms with Crippen molar-refractivity contribution in [2.24, 2.45) is 10.9 Å². The topological polar surface area (TPSA) is 68.2 Å². The highest BCUT2D eigenvalue weighted by atomic mass is 35.5. The number of benzene rings is 2. The van der Waals surface area contributed by atoms with Crippen LogP contribution in [0.2, 0.25) is 10.0 Å². The number of nitrogens with zero attached hydrogens (tertiary/aromatic N) is 4. The quantitative estimate of drug-likeness (QED) is 0.423. The Morgan fingerprint density at radius 2 is 1.67 bits per heavy atom. The Morgan fingerprint density at radius 3 is 2.24 bits per heavy atom. The molecule has 2 amide bonds. The maximum atomic E-state index is 14.5. The van der Waals surface area contributed by atoms with E-state index in [1.807, 2.05) is 65.4 Å². The minimum absolute atomic E-state index is 0.0235. The number of likely N-dealkylation sites (N-methyl/N-ethyl adjacent to an activating group) is 1. The van der Waals surface area contributed by atoms with Crippen LogP contribution in [-0.4, -0.2) is 69.9 Å². The molecule has 0 unspecified atom stereocenters. The lowest BCUT2D eigenvalue weighted by Gasteiger charge is -2.39. The third kappa shape index (κ3) is 4.84. The van der Waals surface area contributed by atoms with Gasteiger partial charge in [0, 0.05) is 41.9 Å². The van der Waals surface area contributed by atoms with Crippen molar-refractivity contribution in [1.29, 1.82) is 0 Å². The lowest BCUT2D eigenvalue weighted by atomic mass is 9.81. The van der Waals surface area contributed by atoms with E-state index in [-0.39, 0.29) is 35.9 Å². The van der Waals surface area contributed by atoms with Gasteiger partial charge in [0.1, 0.15) is 16.5 Å². The zero-order chi connectivity index (χ0) is 29.9. The molecule has 6 rings (SSSR count). The number of aliphatic imine (C=N–C) groups is 1. The number of carbonyl (C=O) groups excluding carboxylic acids is 2. The Labute approximate surface area is 262 Å². The van der Waals surface area contributed by atoms with Gasteiger partial charge in [-0.3, -0.25) is 9.59 Å². The van der Waals surface area contributed by atoms with Crippen LogP contribution in [0, 0.1) is 5.92 Å². The van der Waals surface area contributed by atoms with Crippen LogP contribution in [0.25, 0.3) is 0 Å². The molecule has 0 aliphatic carbocycles. The summed E-state index contributed by atoms with van der Waals surface area (Å²) >= 11 is 14.0. The summed E-state index contributed by atoms with van der Waals surface area (Å²) in [7, 11) is 1.86. The third-order valence-electron chi connectivity index (χ3n) is 9.21. The first kappa shape index (κ1) is 29.5. The Kier molecular flexibility index (Phi) is 7.88. The van der Waals surface area contributed by atoms with E-state index in [4.69, 9.17) is 28.2 Å². The van der Waals surface area contributed by atoms with Crippen molar-refractivity contribution in [1.82, 2.24) is 20.0 Å². The minimum Gasteiger partial charge on any atom is -0.338 e. The average Bonchev–Trinajstić information content (AvgIpc) is 3.57. The van der Waals surface area contributed by atoms with Gasteiger partial charge in [0.25, 0.3) is 5.91 Å². The molecule has 4 aliphatic heterocycles. The first-order valence-electron chi connectivity index (χ1n) is 14.6. The molecule has 2 saturated heterocycles. The van der Waals surface area contributed by atoms with Crippen LogP contribution in [-0.2, 0) is 15.1 Å². The highest BCUT2D eigenvalue weighted by Gasteiger charge is 2.54. The van der Waals surface area contributed by atoms with Crippen LogP contribution >= 0.6 is 35.0 Å². The monoisotopic (exact) mass is 625 g/mol. The van der Waals surface area contributed by atoms with E-state index in [9.17, 15) is 9.59 Å². The molecule has 42 heavy (non-hydrogen) atoms. The van der Waals surface area contributed by atoms with E-state index < -0.39 is 11.6 Å². The van der Waals surface area contributed by atoms with E-state index in [0.717, 1.165) is 41.5 Å². The second kappa shape index (κ2) is 11.2. The second-order valence-corrected chi connectivity index (χ2v) is 14.1. The van der Waals surface area contributed by atoms with Gasteiger partial charge in [0.05, 0.1) is 12.1 Å². The molecule has 2 aromatic rings. The second-order valence-electron chi connectivity index (χ2n) is 12.3. The predicted molar refractivity (Wildman–Crippen MR) is 170 cm³/mol. The summed E-state index contributed by atoms with van der Waals surface area (Å²) in [6.07, 6.45) is 1.48. The zero-order valence-corrected chi connectivity index (χ0v) is 26.9. The fourth-order valence-electron chi connectivity index (χ4n) is 6.71. The smallest absolute Gasteiger partial charge is 0.263 e. The number of hydrogen-bond donors (Lipinski definition) is 1. The van der Waals surface area contributed by atoms with E-state index >= 15 is 0 Å². The summed E-state index contributed by atoms with van der Waals surface area (Å²) in [5.41, 5.74) is 2.41. The molecule has 2 aromatic carbocycles. The lowest BCUT2D eigenvalue weighted by Crippen LogP contribution is -2.60. The highest BCUT2D eigenvalue weighted by Crippen LogP contribution is 2.56. The van der Waals surface area contributed by atoms with E-state index in [1.165, 1.54) is 11.8 Å². The molecule has 4 heterocycles. The van der Waals surface area contributed by atoms with Crippen molar-refractivity contribution in [3.05, 3.63) is 80.3 Å². The van der Waals surface area contributed by atoms with Crippen LogP contribution < -0.4 is 5.32 Å². The molecule has 0 spiro atoms. The molecule has 222 valence electrons. The number of halogens is 2. The number of carbonyl (C=O) groups is 2. The van der Waals surface area contributed by atoms with Crippen molar-refractivity contribution in [2.45, 2.75) is 70.2 Å². The van der Waals surface area contributed by atoms with Crippen LogP contribution in [0.5, 0.6) is 0 Å². The summed E-state index contributed by atoms with van der Waals surface area (Å²) in [4.78, 5) is 40.0. The summed E-state index contributed by atoms with van der Waals surface area (Å²) in [6.45, 7) is 10.0. The van der Waals surface area contributed by atoms with Gasteiger partial charge in [-0.1, -0.05) is 61.3 Å². The van der Waals surface area contributed by atoms with Gasteiger partial charge in [0.15, 0.2) is 5.17 Å². The van der Waals surface area contributed by atoms with Crippen LogP contribution in [0.3, 0.4) is 0 Å². The van der Waals surface area contributed by atoms with Gasteiger partial charge in [-0.2, -0.15) is 0 Å². The molecule has 0 bridgehead atoms. The number of likely N-dealkylation sites (tertiary alicyclic amines) is 1. The van der Waals surface area contributed by atoms with Gasteiger partial charge in [0.2, 0.25) is 5.91 Å². The third-order valence-corrected chi connectivity index (χ3v) is 10.8. The Morgan fingerprint density at radius 1 is 1.05 bits per heavy atom. The Hall–Kier alpha value is -2.52. The number of fused-ring (bicyclic) bond motifs is 1. The molecule has 7 nitrogen and oxygen atoms in total.